The Morgan fingerprint density at radius 3 is 2.95 bits per heavy atom. The van der Waals surface area contributed by atoms with Crippen molar-refractivity contribution in [2.24, 2.45) is 0 Å². The van der Waals surface area contributed by atoms with Gasteiger partial charge in [0.15, 0.2) is 5.82 Å². The van der Waals surface area contributed by atoms with E-state index in [1.807, 2.05) is 12.1 Å². The summed E-state index contributed by atoms with van der Waals surface area (Å²) in [5, 5.41) is 7.40. The Morgan fingerprint density at radius 2 is 2.15 bits per heavy atom. The maximum Gasteiger partial charge on any atom is 0.231 e. The molecule has 6 heteroatoms. The van der Waals surface area contributed by atoms with Crippen molar-refractivity contribution < 1.29 is 4.52 Å². The molecule has 3 rings (SSSR count). The van der Waals surface area contributed by atoms with Crippen molar-refractivity contribution in [3.63, 3.8) is 0 Å². The van der Waals surface area contributed by atoms with Gasteiger partial charge in [0.1, 0.15) is 0 Å². The number of benzene rings is 1. The topological polar surface area (TPSA) is 54.2 Å². The first-order valence-corrected chi connectivity index (χ1v) is 7.58. The Balaban J connectivity index is 1.61. The average molecular weight is 337 g/mol. The maximum absolute atomic E-state index is 5.33. The summed E-state index contributed by atoms with van der Waals surface area (Å²) in [7, 11) is 0. The van der Waals surface area contributed by atoms with Crippen molar-refractivity contribution >= 4 is 15.9 Å². The molecule has 1 fully saturated rings. The van der Waals surface area contributed by atoms with Crippen molar-refractivity contribution in [1.82, 2.24) is 20.4 Å². The minimum atomic E-state index is 0.674. The van der Waals surface area contributed by atoms with Crippen LogP contribution in [0.4, 0.5) is 0 Å². The summed E-state index contributed by atoms with van der Waals surface area (Å²) in [5.74, 6) is 1.45. The van der Waals surface area contributed by atoms with E-state index in [2.05, 4.69) is 48.4 Å². The lowest BCUT2D eigenvalue weighted by Gasteiger charge is -2.25. The average Bonchev–Trinajstić information content (AvgIpc) is 2.87. The predicted molar refractivity (Wildman–Crippen MR) is 79.4 cm³/mol. The van der Waals surface area contributed by atoms with E-state index < -0.39 is 0 Å². The Bertz CT molecular complexity index is 566. The summed E-state index contributed by atoms with van der Waals surface area (Å²) >= 11 is 3.47. The van der Waals surface area contributed by atoms with Crippen LogP contribution in [0.5, 0.6) is 0 Å². The van der Waals surface area contributed by atoms with Gasteiger partial charge in [-0.15, -0.1) is 0 Å². The summed E-state index contributed by atoms with van der Waals surface area (Å²) < 4.78 is 6.40. The molecule has 0 bridgehead atoms. The van der Waals surface area contributed by atoms with E-state index in [-0.39, 0.29) is 0 Å². The summed E-state index contributed by atoms with van der Waals surface area (Å²) in [5.41, 5.74) is 1.16. The second-order valence-electron chi connectivity index (χ2n) is 4.94. The zero-order valence-corrected chi connectivity index (χ0v) is 12.8. The molecule has 0 atom stereocenters. The van der Waals surface area contributed by atoms with E-state index >= 15 is 0 Å². The molecular weight excluding hydrogens is 320 g/mol. The Kier molecular flexibility index (Phi) is 4.44. The molecule has 0 aliphatic carbocycles. The molecule has 106 valence electrons. The van der Waals surface area contributed by atoms with Crippen LogP contribution in [0.2, 0.25) is 0 Å². The molecule has 0 unspecified atom stereocenters. The smallest absolute Gasteiger partial charge is 0.231 e. The zero-order valence-electron chi connectivity index (χ0n) is 11.2. The van der Waals surface area contributed by atoms with Gasteiger partial charge in [-0.2, -0.15) is 4.98 Å². The van der Waals surface area contributed by atoms with Gasteiger partial charge in [0.25, 0.3) is 0 Å². The second-order valence-corrected chi connectivity index (χ2v) is 5.85. The Morgan fingerprint density at radius 1 is 1.30 bits per heavy atom. The number of rotatable bonds is 4. The number of piperazine rings is 1. The molecule has 5 nitrogen and oxygen atoms in total. The van der Waals surface area contributed by atoms with E-state index in [0.717, 1.165) is 48.6 Å². The van der Waals surface area contributed by atoms with Gasteiger partial charge in [-0.3, -0.25) is 4.90 Å². The van der Waals surface area contributed by atoms with Crippen LogP contribution < -0.4 is 5.32 Å². The van der Waals surface area contributed by atoms with Crippen LogP contribution in [0.25, 0.3) is 0 Å². The van der Waals surface area contributed by atoms with Gasteiger partial charge in [0, 0.05) is 30.7 Å². The van der Waals surface area contributed by atoms with Crippen LogP contribution in [-0.4, -0.2) is 41.2 Å². The van der Waals surface area contributed by atoms with Gasteiger partial charge in [-0.1, -0.05) is 33.2 Å². The quantitative estimate of drug-likeness (QED) is 0.923. The molecule has 2 aromatic rings. The normalized spacial score (nSPS) is 16.4. The molecular formula is C14H17BrN4O. The standard InChI is InChI=1S/C14H17BrN4O/c15-12-3-1-2-11(8-12)9-14-17-13(18-20-14)10-19-6-4-16-5-7-19/h1-3,8,16H,4-7,9-10H2. The highest BCUT2D eigenvalue weighted by Crippen LogP contribution is 2.14. The number of nitrogens with zero attached hydrogens (tertiary/aromatic N) is 3. The molecule has 1 saturated heterocycles. The van der Waals surface area contributed by atoms with Crippen molar-refractivity contribution in [3.8, 4) is 0 Å². The van der Waals surface area contributed by atoms with E-state index in [1.165, 1.54) is 0 Å². The number of hydrogen-bond donors (Lipinski definition) is 1. The molecule has 0 amide bonds. The first-order valence-electron chi connectivity index (χ1n) is 6.78. The molecule has 1 aromatic carbocycles. The van der Waals surface area contributed by atoms with Crippen molar-refractivity contribution in [2.75, 3.05) is 26.2 Å². The number of nitrogens with one attached hydrogen (secondary N) is 1. The zero-order chi connectivity index (χ0) is 13.8. The van der Waals surface area contributed by atoms with E-state index in [9.17, 15) is 0 Å². The molecule has 1 aliphatic heterocycles. The number of hydrogen-bond acceptors (Lipinski definition) is 5. The first kappa shape index (κ1) is 13.7. The van der Waals surface area contributed by atoms with Crippen LogP contribution in [0.3, 0.4) is 0 Å². The largest absolute Gasteiger partial charge is 0.339 e. The van der Waals surface area contributed by atoms with Crippen molar-refractivity contribution in [2.45, 2.75) is 13.0 Å². The number of halogens is 1. The second kappa shape index (κ2) is 6.47. The van der Waals surface area contributed by atoms with Crippen LogP contribution in [0.15, 0.2) is 33.3 Å². The lowest BCUT2D eigenvalue weighted by atomic mass is 10.1. The van der Waals surface area contributed by atoms with E-state index in [1.54, 1.807) is 0 Å². The minimum absolute atomic E-state index is 0.674. The van der Waals surface area contributed by atoms with Crippen molar-refractivity contribution in [1.29, 1.82) is 0 Å². The molecule has 1 aliphatic rings. The third-order valence-corrected chi connectivity index (χ3v) is 3.82. The molecule has 20 heavy (non-hydrogen) atoms. The summed E-state index contributed by atoms with van der Waals surface area (Å²) in [4.78, 5) is 6.81. The lowest BCUT2D eigenvalue weighted by Crippen LogP contribution is -2.43. The highest BCUT2D eigenvalue weighted by molar-refractivity contribution is 9.10. The van der Waals surface area contributed by atoms with E-state index in [4.69, 9.17) is 4.52 Å². The fourth-order valence-corrected chi connectivity index (χ4v) is 2.76. The van der Waals surface area contributed by atoms with E-state index in [0.29, 0.717) is 12.3 Å². The van der Waals surface area contributed by atoms with Gasteiger partial charge in [0.2, 0.25) is 5.89 Å². The SMILES string of the molecule is Brc1cccc(Cc2nc(CN3CCNCC3)no2)c1. The molecule has 2 heterocycles. The monoisotopic (exact) mass is 336 g/mol. The molecule has 0 radical (unpaired) electrons. The van der Waals surface area contributed by atoms with Gasteiger partial charge in [-0.05, 0) is 17.7 Å². The van der Waals surface area contributed by atoms with Gasteiger partial charge in [-0.25, -0.2) is 0 Å². The highest BCUT2D eigenvalue weighted by atomic mass is 79.9. The minimum Gasteiger partial charge on any atom is -0.339 e. The van der Waals surface area contributed by atoms with Crippen LogP contribution in [-0.2, 0) is 13.0 Å². The Hall–Kier alpha value is -1.24. The summed E-state index contributed by atoms with van der Waals surface area (Å²) in [6.07, 6.45) is 0.675. The third-order valence-electron chi connectivity index (χ3n) is 3.33. The van der Waals surface area contributed by atoms with Crippen LogP contribution >= 0.6 is 15.9 Å². The van der Waals surface area contributed by atoms with Crippen molar-refractivity contribution in [3.05, 3.63) is 46.0 Å². The highest BCUT2D eigenvalue weighted by Gasteiger charge is 2.14. The molecule has 1 N–H and O–H groups in total. The molecule has 0 spiro atoms. The fourth-order valence-electron chi connectivity index (χ4n) is 2.32. The summed E-state index contributed by atoms with van der Waals surface area (Å²) in [6.45, 7) is 4.90. The lowest BCUT2D eigenvalue weighted by molar-refractivity contribution is 0.224. The number of aromatic nitrogens is 2. The van der Waals surface area contributed by atoms with Gasteiger partial charge < -0.3 is 9.84 Å². The third kappa shape index (κ3) is 3.65. The molecule has 0 saturated carbocycles. The maximum atomic E-state index is 5.33. The summed E-state index contributed by atoms with van der Waals surface area (Å²) in [6, 6.07) is 8.15. The Labute approximate surface area is 126 Å². The predicted octanol–water partition coefficient (Wildman–Crippen LogP) is 1.83. The molecule has 1 aromatic heterocycles. The van der Waals surface area contributed by atoms with Gasteiger partial charge in [0.05, 0.1) is 13.0 Å². The van der Waals surface area contributed by atoms with Gasteiger partial charge >= 0.3 is 0 Å². The van der Waals surface area contributed by atoms with Crippen LogP contribution in [0.1, 0.15) is 17.3 Å². The first-order chi connectivity index (χ1) is 9.79. The fraction of sp³-hybridized carbons (Fsp3) is 0.429. The van der Waals surface area contributed by atoms with Crippen LogP contribution in [0, 0.1) is 0 Å².